The number of hydrogen-bond donors (Lipinski definition) is 1. The molecule has 4 fully saturated rings. The summed E-state index contributed by atoms with van der Waals surface area (Å²) in [6, 6.07) is 5.12. The summed E-state index contributed by atoms with van der Waals surface area (Å²) in [6.45, 7) is 0. The molecule has 1 nitrogen and oxygen atoms in total. The molecular weight excluding hydrogens is 329 g/mol. The van der Waals surface area contributed by atoms with Crippen molar-refractivity contribution in [3.63, 3.8) is 0 Å². The Bertz CT molecular complexity index is 516. The summed E-state index contributed by atoms with van der Waals surface area (Å²) in [5, 5.41) is 0. The van der Waals surface area contributed by atoms with E-state index in [2.05, 4.69) is 15.9 Å². The van der Waals surface area contributed by atoms with Gasteiger partial charge in [-0.3, -0.25) is 0 Å². The monoisotopic (exact) mass is 351 g/mol. The molecular formula is C18H23BrFN. The number of rotatable bonds is 3. The lowest BCUT2D eigenvalue weighted by Crippen LogP contribution is -2.52. The average molecular weight is 352 g/mol. The Morgan fingerprint density at radius 3 is 2.33 bits per heavy atom. The highest BCUT2D eigenvalue weighted by atomic mass is 79.9. The molecule has 3 heteroatoms. The molecule has 1 atom stereocenters. The van der Waals surface area contributed by atoms with Gasteiger partial charge >= 0.3 is 0 Å². The molecule has 1 aromatic carbocycles. The first kappa shape index (κ1) is 14.2. The summed E-state index contributed by atoms with van der Waals surface area (Å²) in [5.74, 6) is 4.14. The lowest BCUT2D eigenvalue weighted by molar-refractivity contribution is -0.0465. The zero-order valence-electron chi connectivity index (χ0n) is 12.3. The third kappa shape index (κ3) is 2.57. The van der Waals surface area contributed by atoms with Crippen molar-refractivity contribution in [1.29, 1.82) is 0 Å². The fraction of sp³-hybridized carbons (Fsp3) is 0.667. The second-order valence-corrected chi connectivity index (χ2v) is 8.47. The van der Waals surface area contributed by atoms with Gasteiger partial charge in [0.05, 0.1) is 0 Å². The molecule has 0 saturated heterocycles. The first-order valence-electron chi connectivity index (χ1n) is 8.29. The standard InChI is InChI=1S/C18H23BrFN/c19-16-2-1-15(20)8-12(16)9-17(21)18-13-4-10-3-11(6-13)7-14(18)5-10/h1-2,8,10-11,13-14,17-18H,3-7,9,21H2. The van der Waals surface area contributed by atoms with Crippen LogP contribution in [0.4, 0.5) is 4.39 Å². The predicted octanol–water partition coefficient (Wildman–Crippen LogP) is 4.53. The number of nitrogens with two attached hydrogens (primary N) is 1. The fourth-order valence-electron chi connectivity index (χ4n) is 5.76. The quantitative estimate of drug-likeness (QED) is 0.850. The van der Waals surface area contributed by atoms with Crippen molar-refractivity contribution in [3.05, 3.63) is 34.1 Å². The van der Waals surface area contributed by atoms with Crippen LogP contribution in [0.3, 0.4) is 0 Å². The lowest BCUT2D eigenvalue weighted by Gasteiger charge is -2.56. The van der Waals surface area contributed by atoms with Gasteiger partial charge in [0.25, 0.3) is 0 Å². The molecule has 114 valence electrons. The lowest BCUT2D eigenvalue weighted by atomic mass is 9.50. The van der Waals surface area contributed by atoms with E-state index >= 15 is 0 Å². The largest absolute Gasteiger partial charge is 0.327 e. The number of benzene rings is 1. The molecule has 4 aliphatic carbocycles. The summed E-state index contributed by atoms with van der Waals surface area (Å²) in [4.78, 5) is 0. The Balaban J connectivity index is 1.52. The molecule has 0 spiro atoms. The summed E-state index contributed by atoms with van der Waals surface area (Å²) in [6.07, 6.45) is 7.87. The molecule has 0 aliphatic heterocycles. The Hall–Kier alpha value is -0.410. The van der Waals surface area contributed by atoms with Crippen LogP contribution in [0, 0.1) is 35.4 Å². The van der Waals surface area contributed by atoms with E-state index in [9.17, 15) is 4.39 Å². The highest BCUT2D eigenvalue weighted by Gasteiger charge is 2.49. The molecule has 4 saturated carbocycles. The molecule has 0 amide bonds. The maximum Gasteiger partial charge on any atom is 0.123 e. The predicted molar refractivity (Wildman–Crippen MR) is 86.3 cm³/mol. The second kappa shape index (κ2) is 5.34. The van der Waals surface area contributed by atoms with Crippen molar-refractivity contribution in [2.45, 2.75) is 44.6 Å². The third-order valence-corrected chi connectivity index (χ3v) is 7.03. The fourth-order valence-corrected chi connectivity index (χ4v) is 6.16. The van der Waals surface area contributed by atoms with Gasteiger partial charge in [-0.05, 0) is 91.9 Å². The van der Waals surface area contributed by atoms with Crippen LogP contribution in [0.2, 0.25) is 0 Å². The summed E-state index contributed by atoms with van der Waals surface area (Å²) < 4.78 is 14.5. The molecule has 0 radical (unpaired) electrons. The van der Waals surface area contributed by atoms with E-state index in [-0.39, 0.29) is 11.9 Å². The van der Waals surface area contributed by atoms with Crippen LogP contribution >= 0.6 is 15.9 Å². The Labute approximate surface area is 134 Å². The zero-order valence-corrected chi connectivity index (χ0v) is 13.9. The van der Waals surface area contributed by atoms with Gasteiger partial charge in [-0.1, -0.05) is 15.9 Å². The van der Waals surface area contributed by atoms with E-state index in [1.165, 1.54) is 38.2 Å². The van der Waals surface area contributed by atoms with E-state index in [0.29, 0.717) is 5.92 Å². The van der Waals surface area contributed by atoms with Crippen LogP contribution < -0.4 is 5.73 Å². The third-order valence-electron chi connectivity index (χ3n) is 6.26. The summed E-state index contributed by atoms with van der Waals surface area (Å²) in [5.41, 5.74) is 7.63. The number of hydrogen-bond acceptors (Lipinski definition) is 1. The van der Waals surface area contributed by atoms with Crippen LogP contribution in [0.25, 0.3) is 0 Å². The van der Waals surface area contributed by atoms with Crippen molar-refractivity contribution in [2.75, 3.05) is 0 Å². The molecule has 4 bridgehead atoms. The van der Waals surface area contributed by atoms with Crippen LogP contribution in [-0.2, 0) is 6.42 Å². The van der Waals surface area contributed by atoms with Crippen LogP contribution in [0.5, 0.6) is 0 Å². The van der Waals surface area contributed by atoms with Gasteiger partial charge in [0.2, 0.25) is 0 Å². The van der Waals surface area contributed by atoms with Gasteiger partial charge < -0.3 is 5.73 Å². The molecule has 21 heavy (non-hydrogen) atoms. The van der Waals surface area contributed by atoms with Gasteiger partial charge in [0.1, 0.15) is 5.82 Å². The summed E-state index contributed by atoms with van der Waals surface area (Å²) >= 11 is 3.54. The van der Waals surface area contributed by atoms with Gasteiger partial charge in [0.15, 0.2) is 0 Å². The molecule has 5 rings (SSSR count). The molecule has 1 aromatic rings. The highest BCUT2D eigenvalue weighted by Crippen LogP contribution is 2.57. The minimum atomic E-state index is -0.162. The SMILES string of the molecule is NC(Cc1cc(F)ccc1Br)C1C2CC3CC(C2)CC1C3. The maximum absolute atomic E-state index is 13.5. The minimum Gasteiger partial charge on any atom is -0.327 e. The maximum atomic E-state index is 13.5. The Morgan fingerprint density at radius 1 is 1.10 bits per heavy atom. The van der Waals surface area contributed by atoms with Crippen LogP contribution in [-0.4, -0.2) is 6.04 Å². The first-order chi connectivity index (χ1) is 10.1. The highest BCUT2D eigenvalue weighted by molar-refractivity contribution is 9.10. The zero-order chi connectivity index (χ0) is 14.6. The van der Waals surface area contributed by atoms with Crippen molar-refractivity contribution in [2.24, 2.45) is 35.3 Å². The van der Waals surface area contributed by atoms with Gasteiger partial charge in [-0.15, -0.1) is 0 Å². The van der Waals surface area contributed by atoms with Crippen molar-refractivity contribution in [1.82, 2.24) is 0 Å². The van der Waals surface area contributed by atoms with Crippen molar-refractivity contribution >= 4 is 15.9 Å². The van der Waals surface area contributed by atoms with Gasteiger partial charge in [-0.25, -0.2) is 4.39 Å². The van der Waals surface area contributed by atoms with Crippen molar-refractivity contribution < 1.29 is 4.39 Å². The Morgan fingerprint density at radius 2 is 1.71 bits per heavy atom. The topological polar surface area (TPSA) is 26.0 Å². The molecule has 2 N–H and O–H groups in total. The van der Waals surface area contributed by atoms with Crippen molar-refractivity contribution in [3.8, 4) is 0 Å². The van der Waals surface area contributed by atoms with E-state index < -0.39 is 0 Å². The molecule has 0 heterocycles. The molecule has 0 aromatic heterocycles. The van der Waals surface area contributed by atoms with E-state index in [1.807, 2.05) is 0 Å². The second-order valence-electron chi connectivity index (χ2n) is 7.61. The Kier molecular flexibility index (Phi) is 3.61. The number of halogens is 2. The van der Waals surface area contributed by atoms with E-state index in [0.717, 1.165) is 40.1 Å². The molecule has 1 unspecified atom stereocenters. The van der Waals surface area contributed by atoms with E-state index in [4.69, 9.17) is 5.73 Å². The van der Waals surface area contributed by atoms with Gasteiger partial charge in [-0.2, -0.15) is 0 Å². The molecule has 4 aliphatic rings. The summed E-state index contributed by atoms with van der Waals surface area (Å²) in [7, 11) is 0. The van der Waals surface area contributed by atoms with Gasteiger partial charge in [0, 0.05) is 10.5 Å². The van der Waals surface area contributed by atoms with E-state index in [1.54, 1.807) is 12.1 Å². The van der Waals surface area contributed by atoms with Crippen LogP contribution in [0.15, 0.2) is 22.7 Å². The smallest absolute Gasteiger partial charge is 0.123 e. The normalized spacial score (nSPS) is 38.7. The average Bonchev–Trinajstić information content (AvgIpc) is 2.41. The minimum absolute atomic E-state index is 0.162. The first-order valence-corrected chi connectivity index (χ1v) is 9.09. The van der Waals surface area contributed by atoms with Crippen LogP contribution in [0.1, 0.15) is 37.7 Å².